The number of ether oxygens (including phenoxy) is 1. The van der Waals surface area contributed by atoms with Crippen LogP contribution < -0.4 is 10.2 Å². The van der Waals surface area contributed by atoms with Crippen LogP contribution in [0.2, 0.25) is 0 Å². The van der Waals surface area contributed by atoms with Crippen LogP contribution in [-0.2, 0) is 26.4 Å². The molecule has 1 N–H and O–H groups in total. The topological polar surface area (TPSA) is 82.2 Å². The first-order valence-electron chi connectivity index (χ1n) is 12.1. The number of imide groups is 1. The zero-order chi connectivity index (χ0) is 25.3. The van der Waals surface area contributed by atoms with Gasteiger partial charge in [-0.05, 0) is 47.0 Å². The van der Waals surface area contributed by atoms with Crippen molar-refractivity contribution in [2.24, 2.45) is 0 Å². The maximum atomic E-state index is 13.3. The Bertz CT molecular complexity index is 1300. The maximum Gasteiger partial charge on any atom is 0.325 e. The number of morpholine rings is 1. The quantitative estimate of drug-likeness (QED) is 0.542. The molecule has 8 nitrogen and oxygen atoms in total. The number of hydrogen-bond donors (Lipinski definition) is 1. The highest BCUT2D eigenvalue weighted by molar-refractivity contribution is 6.09. The van der Waals surface area contributed by atoms with Crippen LogP contribution >= 0.6 is 0 Å². The minimum absolute atomic E-state index is 0.307. The molecule has 0 radical (unpaired) electrons. The van der Waals surface area contributed by atoms with Crippen LogP contribution in [0.4, 0.5) is 10.5 Å². The van der Waals surface area contributed by atoms with Gasteiger partial charge >= 0.3 is 6.03 Å². The molecule has 0 spiro atoms. The fourth-order valence-electron chi connectivity index (χ4n) is 4.79. The SMILES string of the molecule is CN(Cc1ccc(N2CCOCC2)cc1)C(=O)CN1C(=O)N[C@@](C)(c2ccc3ccccc3c2)C1=O. The number of nitrogens with zero attached hydrogens (tertiary/aromatic N) is 3. The molecule has 2 heterocycles. The molecule has 3 aromatic rings. The van der Waals surface area contributed by atoms with E-state index < -0.39 is 17.5 Å². The van der Waals surface area contributed by atoms with Crippen LogP contribution in [0.5, 0.6) is 0 Å². The van der Waals surface area contributed by atoms with E-state index in [4.69, 9.17) is 4.74 Å². The van der Waals surface area contributed by atoms with Gasteiger partial charge in [-0.3, -0.25) is 14.5 Å². The minimum atomic E-state index is -1.23. The summed E-state index contributed by atoms with van der Waals surface area (Å²) < 4.78 is 5.41. The number of benzene rings is 3. The Morgan fingerprint density at radius 2 is 1.69 bits per heavy atom. The summed E-state index contributed by atoms with van der Waals surface area (Å²) in [7, 11) is 1.68. The number of carbonyl (C=O) groups is 3. The van der Waals surface area contributed by atoms with Gasteiger partial charge in [-0.25, -0.2) is 4.79 Å². The van der Waals surface area contributed by atoms with Gasteiger partial charge in [0.2, 0.25) is 5.91 Å². The lowest BCUT2D eigenvalue weighted by atomic mass is 9.90. The van der Waals surface area contributed by atoms with Gasteiger partial charge in [-0.1, -0.05) is 48.5 Å². The Kier molecular flexibility index (Phi) is 6.36. The first-order chi connectivity index (χ1) is 17.3. The van der Waals surface area contributed by atoms with Gasteiger partial charge in [0.15, 0.2) is 0 Å². The molecule has 0 unspecified atom stereocenters. The van der Waals surface area contributed by atoms with Gasteiger partial charge in [-0.15, -0.1) is 0 Å². The molecule has 2 saturated heterocycles. The average molecular weight is 487 g/mol. The summed E-state index contributed by atoms with van der Waals surface area (Å²) >= 11 is 0. The number of urea groups is 1. The zero-order valence-corrected chi connectivity index (χ0v) is 20.6. The third kappa shape index (κ3) is 4.52. The molecular weight excluding hydrogens is 456 g/mol. The van der Waals surface area contributed by atoms with Crippen molar-refractivity contribution in [2.45, 2.75) is 19.0 Å². The third-order valence-electron chi connectivity index (χ3n) is 7.05. The highest BCUT2D eigenvalue weighted by atomic mass is 16.5. The molecule has 2 aliphatic heterocycles. The normalized spacial score (nSPS) is 20.1. The lowest BCUT2D eigenvalue weighted by molar-refractivity contribution is -0.138. The van der Waals surface area contributed by atoms with Crippen molar-refractivity contribution in [2.75, 3.05) is 44.8 Å². The number of carbonyl (C=O) groups excluding carboxylic acids is 3. The summed E-state index contributed by atoms with van der Waals surface area (Å²) in [6.45, 7) is 4.93. The Hall–Kier alpha value is -3.91. The molecule has 36 heavy (non-hydrogen) atoms. The first kappa shape index (κ1) is 23.8. The predicted octanol–water partition coefficient (Wildman–Crippen LogP) is 3.10. The van der Waals surface area contributed by atoms with Crippen molar-refractivity contribution in [3.63, 3.8) is 0 Å². The monoisotopic (exact) mass is 486 g/mol. The molecule has 2 aliphatic rings. The number of hydrogen-bond acceptors (Lipinski definition) is 5. The largest absolute Gasteiger partial charge is 0.378 e. The van der Waals surface area contributed by atoms with E-state index in [1.165, 1.54) is 4.90 Å². The van der Waals surface area contributed by atoms with Crippen molar-refractivity contribution in [3.05, 3.63) is 77.9 Å². The fraction of sp³-hybridized carbons (Fsp3) is 0.321. The minimum Gasteiger partial charge on any atom is -0.378 e. The van der Waals surface area contributed by atoms with Crippen LogP contribution in [0.3, 0.4) is 0 Å². The van der Waals surface area contributed by atoms with Gasteiger partial charge in [0.25, 0.3) is 5.91 Å². The highest BCUT2D eigenvalue weighted by Crippen LogP contribution is 2.31. The molecule has 8 heteroatoms. The van der Waals surface area contributed by atoms with Gasteiger partial charge in [0.1, 0.15) is 12.1 Å². The van der Waals surface area contributed by atoms with E-state index in [0.717, 1.165) is 53.2 Å². The second-order valence-electron chi connectivity index (χ2n) is 9.52. The molecule has 2 fully saturated rings. The third-order valence-corrected chi connectivity index (χ3v) is 7.05. The van der Waals surface area contributed by atoms with Gasteiger partial charge in [-0.2, -0.15) is 0 Å². The number of fused-ring (bicyclic) bond motifs is 1. The molecule has 3 aromatic carbocycles. The van der Waals surface area contributed by atoms with Crippen LogP contribution in [0.15, 0.2) is 66.7 Å². The summed E-state index contributed by atoms with van der Waals surface area (Å²) in [5.74, 6) is -0.738. The molecule has 0 aliphatic carbocycles. The van der Waals surface area contributed by atoms with Crippen LogP contribution in [0.1, 0.15) is 18.1 Å². The Balaban J connectivity index is 1.24. The lowest BCUT2D eigenvalue weighted by Gasteiger charge is -2.29. The Morgan fingerprint density at radius 1 is 1.00 bits per heavy atom. The van der Waals surface area contributed by atoms with Crippen molar-refractivity contribution in [3.8, 4) is 0 Å². The number of anilines is 1. The van der Waals surface area contributed by atoms with Crippen molar-refractivity contribution in [1.82, 2.24) is 15.1 Å². The number of likely N-dealkylation sites (N-methyl/N-ethyl adjacent to an activating group) is 1. The zero-order valence-electron chi connectivity index (χ0n) is 20.6. The average Bonchev–Trinajstić information content (AvgIpc) is 3.13. The van der Waals surface area contributed by atoms with E-state index in [2.05, 4.69) is 10.2 Å². The molecule has 0 aromatic heterocycles. The van der Waals surface area contributed by atoms with Gasteiger partial charge in [0, 0.05) is 32.4 Å². The highest BCUT2D eigenvalue weighted by Gasteiger charge is 2.49. The standard InChI is InChI=1S/C28H30N4O4/c1-28(23-10-9-21-5-3-4-6-22(21)17-23)26(34)32(27(35)29-28)19-25(33)30(2)18-20-7-11-24(12-8-20)31-13-15-36-16-14-31/h3-12,17H,13-16,18-19H2,1-2H3,(H,29,35)/t28-/m0/s1. The maximum absolute atomic E-state index is 13.3. The molecule has 186 valence electrons. The summed E-state index contributed by atoms with van der Waals surface area (Å²) in [4.78, 5) is 43.9. The summed E-state index contributed by atoms with van der Waals surface area (Å²) in [6, 6.07) is 21.1. The molecule has 4 amide bonds. The number of nitrogens with one attached hydrogen (secondary N) is 1. The fourth-order valence-corrected chi connectivity index (χ4v) is 4.79. The predicted molar refractivity (Wildman–Crippen MR) is 137 cm³/mol. The molecule has 5 rings (SSSR count). The summed E-state index contributed by atoms with van der Waals surface area (Å²) in [5.41, 5.74) is 1.56. The van der Waals surface area contributed by atoms with E-state index >= 15 is 0 Å². The smallest absolute Gasteiger partial charge is 0.325 e. The summed E-state index contributed by atoms with van der Waals surface area (Å²) in [5, 5.41) is 4.82. The second kappa shape index (κ2) is 9.62. The molecular formula is C28H30N4O4. The van der Waals surface area contributed by atoms with Gasteiger partial charge < -0.3 is 19.9 Å². The molecule has 0 bridgehead atoms. The van der Waals surface area contributed by atoms with Crippen molar-refractivity contribution in [1.29, 1.82) is 0 Å². The first-order valence-corrected chi connectivity index (χ1v) is 12.1. The lowest BCUT2D eigenvalue weighted by Crippen LogP contribution is -2.43. The van der Waals surface area contributed by atoms with E-state index in [1.807, 2.05) is 66.7 Å². The second-order valence-corrected chi connectivity index (χ2v) is 9.52. The van der Waals surface area contributed by atoms with Crippen molar-refractivity contribution >= 4 is 34.3 Å². The van der Waals surface area contributed by atoms with Gasteiger partial charge in [0.05, 0.1) is 13.2 Å². The molecule has 1 atom stereocenters. The van der Waals surface area contributed by atoms with E-state index in [0.29, 0.717) is 12.1 Å². The van der Waals surface area contributed by atoms with E-state index in [9.17, 15) is 14.4 Å². The molecule has 0 saturated carbocycles. The van der Waals surface area contributed by atoms with Crippen LogP contribution in [0.25, 0.3) is 10.8 Å². The van der Waals surface area contributed by atoms with E-state index in [1.54, 1.807) is 14.0 Å². The van der Waals surface area contributed by atoms with E-state index in [-0.39, 0.29) is 12.5 Å². The van der Waals surface area contributed by atoms with Crippen LogP contribution in [-0.4, -0.2) is 67.5 Å². The number of amides is 4. The number of rotatable bonds is 6. The Morgan fingerprint density at radius 3 is 2.42 bits per heavy atom. The Labute approximate surface area is 210 Å². The van der Waals surface area contributed by atoms with Crippen molar-refractivity contribution < 1.29 is 19.1 Å². The van der Waals surface area contributed by atoms with Crippen LogP contribution in [0, 0.1) is 0 Å². The summed E-state index contributed by atoms with van der Waals surface area (Å²) in [6.07, 6.45) is 0.